The summed E-state index contributed by atoms with van der Waals surface area (Å²) in [6.07, 6.45) is 6.37. The van der Waals surface area contributed by atoms with Crippen LogP contribution < -0.4 is 11.1 Å². The van der Waals surface area contributed by atoms with Crippen molar-refractivity contribution in [3.05, 3.63) is 34.1 Å². The van der Waals surface area contributed by atoms with Crippen LogP contribution in [0.1, 0.15) is 32.9 Å². The van der Waals surface area contributed by atoms with Crippen LogP contribution in [0.5, 0.6) is 0 Å². The summed E-state index contributed by atoms with van der Waals surface area (Å²) in [5.41, 5.74) is 8.35. The van der Waals surface area contributed by atoms with E-state index in [0.717, 1.165) is 11.4 Å². The zero-order chi connectivity index (χ0) is 15.1. The minimum Gasteiger partial charge on any atom is -0.382 e. The highest BCUT2D eigenvalue weighted by atomic mass is 32.2. The van der Waals surface area contributed by atoms with Crippen molar-refractivity contribution >= 4 is 23.4 Å². The number of nitrogen functional groups attached to an aromatic ring is 1. The van der Waals surface area contributed by atoms with E-state index in [9.17, 15) is 0 Å². The minimum absolute atomic E-state index is 0.230. The summed E-state index contributed by atoms with van der Waals surface area (Å²) in [4.78, 5) is 8.07. The molecule has 0 aliphatic carbocycles. The highest BCUT2D eigenvalue weighted by molar-refractivity contribution is 8.02. The van der Waals surface area contributed by atoms with Crippen LogP contribution in [0.2, 0.25) is 0 Å². The molecule has 1 heterocycles. The zero-order valence-corrected chi connectivity index (χ0v) is 13.0. The second-order valence-corrected chi connectivity index (χ2v) is 5.11. The minimum atomic E-state index is 0.230. The van der Waals surface area contributed by atoms with E-state index >= 15 is 0 Å². The number of allylic oxidation sites excluding steroid dienone is 3. The summed E-state index contributed by atoms with van der Waals surface area (Å²) < 4.78 is 0. The lowest BCUT2D eigenvalue weighted by atomic mass is 10.1. The van der Waals surface area contributed by atoms with Crippen LogP contribution in [-0.4, -0.2) is 16.2 Å². The number of aromatic nitrogens is 2. The second kappa shape index (κ2) is 7.56. The summed E-state index contributed by atoms with van der Waals surface area (Å²) in [7, 11) is 0. The van der Waals surface area contributed by atoms with Crippen LogP contribution in [0, 0.1) is 11.3 Å². The summed E-state index contributed by atoms with van der Waals surface area (Å²) in [5, 5.41) is 13.0. The normalized spacial score (nSPS) is 12.7. The van der Waals surface area contributed by atoms with Gasteiger partial charge in [0.15, 0.2) is 11.5 Å². The third-order valence-electron chi connectivity index (χ3n) is 2.91. The van der Waals surface area contributed by atoms with Crippen LogP contribution in [0.3, 0.4) is 0 Å². The van der Waals surface area contributed by atoms with Gasteiger partial charge in [-0.2, -0.15) is 5.26 Å². The number of nitrogens with zero attached hydrogens (tertiary/aromatic N) is 3. The van der Waals surface area contributed by atoms with Gasteiger partial charge in [-0.25, -0.2) is 9.97 Å². The molecular weight excluding hydrogens is 270 g/mol. The Morgan fingerprint density at radius 2 is 2.25 bits per heavy atom. The van der Waals surface area contributed by atoms with Crippen LogP contribution in [0.15, 0.2) is 28.4 Å². The number of nitrogens with two attached hydrogens (primary N) is 1. The molecular formula is C14H19N5S. The number of rotatable bonds is 5. The van der Waals surface area contributed by atoms with Gasteiger partial charge in [-0.3, -0.25) is 0 Å². The van der Waals surface area contributed by atoms with E-state index in [2.05, 4.69) is 36.1 Å². The molecule has 106 valence electrons. The van der Waals surface area contributed by atoms with Crippen LogP contribution in [0.25, 0.3) is 0 Å². The topological polar surface area (TPSA) is 87.6 Å². The molecule has 0 saturated carbocycles. The molecule has 1 rings (SSSR count). The first-order valence-electron chi connectivity index (χ1n) is 6.23. The quantitative estimate of drug-likeness (QED) is 0.809. The first kappa shape index (κ1) is 16.1. The van der Waals surface area contributed by atoms with Gasteiger partial charge in [0.25, 0.3) is 0 Å². The maximum Gasteiger partial charge on any atom is 0.183 e. The van der Waals surface area contributed by atoms with Crippen molar-refractivity contribution < 1.29 is 0 Å². The Kier molecular flexibility index (Phi) is 6.07. The Labute approximate surface area is 124 Å². The highest BCUT2D eigenvalue weighted by Gasteiger charge is 2.08. The average Bonchev–Trinajstić information content (AvgIpc) is 2.45. The van der Waals surface area contributed by atoms with E-state index in [-0.39, 0.29) is 11.5 Å². The molecule has 0 aliphatic rings. The molecule has 20 heavy (non-hydrogen) atoms. The van der Waals surface area contributed by atoms with Gasteiger partial charge < -0.3 is 11.1 Å². The number of nitriles is 1. The standard InChI is InChI=1S/C14H19N5S/c1-5-9(2)10(3)6-13(20-4)19-14-11(7-15)17-8-12(16)18-14/h6,8H,5H2,1-4H3,(H3,16,18,19)/b10-9?,13-6-. The van der Waals surface area contributed by atoms with E-state index < -0.39 is 0 Å². The molecule has 0 fully saturated rings. The average molecular weight is 289 g/mol. The summed E-state index contributed by atoms with van der Waals surface area (Å²) in [6.45, 7) is 6.29. The van der Waals surface area contributed by atoms with E-state index in [1.807, 2.05) is 18.4 Å². The van der Waals surface area contributed by atoms with Crippen LogP contribution in [-0.2, 0) is 0 Å². The molecule has 1 aromatic heterocycles. The van der Waals surface area contributed by atoms with Crippen molar-refractivity contribution in [2.24, 2.45) is 0 Å². The first-order chi connectivity index (χ1) is 9.51. The van der Waals surface area contributed by atoms with Gasteiger partial charge in [-0.1, -0.05) is 12.5 Å². The summed E-state index contributed by atoms with van der Waals surface area (Å²) in [6, 6.07) is 2.00. The molecule has 0 aromatic carbocycles. The second-order valence-electron chi connectivity index (χ2n) is 4.26. The molecule has 3 N–H and O–H groups in total. The molecule has 0 bridgehead atoms. The Hall–Kier alpha value is -2.00. The van der Waals surface area contributed by atoms with Gasteiger partial charge in [0.05, 0.1) is 11.2 Å². The number of thioether (sulfide) groups is 1. The lowest BCUT2D eigenvalue weighted by Gasteiger charge is -2.10. The summed E-state index contributed by atoms with van der Waals surface area (Å²) in [5.74, 6) is 0.666. The molecule has 0 aliphatic heterocycles. The lowest BCUT2D eigenvalue weighted by Crippen LogP contribution is -2.05. The number of hydrogen-bond donors (Lipinski definition) is 2. The van der Waals surface area contributed by atoms with Crippen LogP contribution in [0.4, 0.5) is 11.6 Å². The third-order valence-corrected chi connectivity index (χ3v) is 3.57. The van der Waals surface area contributed by atoms with Crippen molar-refractivity contribution in [2.45, 2.75) is 27.2 Å². The Morgan fingerprint density at radius 3 is 2.80 bits per heavy atom. The van der Waals surface area contributed by atoms with Gasteiger partial charge >= 0.3 is 0 Å². The Bertz CT molecular complexity index is 584. The van der Waals surface area contributed by atoms with Crippen molar-refractivity contribution in [2.75, 3.05) is 17.3 Å². The molecule has 6 heteroatoms. The molecule has 0 spiro atoms. The Morgan fingerprint density at radius 1 is 1.55 bits per heavy atom. The number of anilines is 2. The Balaban J connectivity index is 3.10. The van der Waals surface area contributed by atoms with Gasteiger partial charge in [-0.05, 0) is 38.2 Å². The van der Waals surface area contributed by atoms with Gasteiger partial charge in [0, 0.05) is 0 Å². The monoisotopic (exact) mass is 289 g/mol. The smallest absolute Gasteiger partial charge is 0.183 e. The fraction of sp³-hybridized carbons (Fsp3) is 0.357. The largest absolute Gasteiger partial charge is 0.382 e. The molecule has 0 amide bonds. The highest BCUT2D eigenvalue weighted by Crippen LogP contribution is 2.21. The molecule has 5 nitrogen and oxygen atoms in total. The third kappa shape index (κ3) is 4.28. The van der Waals surface area contributed by atoms with Crippen molar-refractivity contribution in [3.63, 3.8) is 0 Å². The van der Waals surface area contributed by atoms with E-state index in [0.29, 0.717) is 5.82 Å². The van der Waals surface area contributed by atoms with Gasteiger partial charge in [-0.15, -0.1) is 11.8 Å². The van der Waals surface area contributed by atoms with Crippen molar-refractivity contribution in [1.82, 2.24) is 9.97 Å². The molecule has 0 saturated heterocycles. The lowest BCUT2D eigenvalue weighted by molar-refractivity contribution is 1.07. The van der Waals surface area contributed by atoms with E-state index in [4.69, 9.17) is 11.0 Å². The molecule has 0 atom stereocenters. The summed E-state index contributed by atoms with van der Waals surface area (Å²) >= 11 is 1.54. The SMILES string of the molecule is CCC(C)=C(C)/C=C(/Nc1nc(N)cnc1C#N)SC. The molecule has 0 unspecified atom stereocenters. The van der Waals surface area contributed by atoms with Crippen molar-refractivity contribution in [3.8, 4) is 6.07 Å². The zero-order valence-electron chi connectivity index (χ0n) is 12.2. The maximum atomic E-state index is 9.03. The maximum absolute atomic E-state index is 9.03. The van der Waals surface area contributed by atoms with E-state index in [1.54, 1.807) is 11.8 Å². The predicted octanol–water partition coefficient (Wildman–Crippen LogP) is 3.29. The van der Waals surface area contributed by atoms with Crippen molar-refractivity contribution in [1.29, 1.82) is 5.26 Å². The van der Waals surface area contributed by atoms with Gasteiger partial charge in [0.1, 0.15) is 11.9 Å². The fourth-order valence-corrected chi connectivity index (χ4v) is 1.93. The van der Waals surface area contributed by atoms with Crippen LogP contribution >= 0.6 is 11.8 Å². The number of nitrogens with one attached hydrogen (secondary N) is 1. The molecule has 0 radical (unpaired) electrons. The van der Waals surface area contributed by atoms with E-state index in [1.165, 1.54) is 17.3 Å². The number of hydrogen-bond acceptors (Lipinski definition) is 6. The fourth-order valence-electron chi connectivity index (χ4n) is 1.43. The molecule has 1 aromatic rings. The van der Waals surface area contributed by atoms with Gasteiger partial charge in [0.2, 0.25) is 0 Å². The first-order valence-corrected chi connectivity index (χ1v) is 7.46. The predicted molar refractivity (Wildman–Crippen MR) is 85.0 cm³/mol.